The summed E-state index contributed by atoms with van der Waals surface area (Å²) < 4.78 is 26.3. The molecule has 0 aliphatic heterocycles. The molecule has 1 aromatic carbocycles. The molecular formula is C12H11F2NOS. The summed E-state index contributed by atoms with van der Waals surface area (Å²) in [6.45, 7) is 0. The van der Waals surface area contributed by atoms with Crippen molar-refractivity contribution in [3.8, 4) is 0 Å². The van der Waals surface area contributed by atoms with Crippen molar-refractivity contribution in [3.63, 3.8) is 0 Å². The third-order valence-corrected chi connectivity index (χ3v) is 3.21. The fourth-order valence-corrected chi connectivity index (χ4v) is 2.27. The molecule has 2 nitrogen and oxygen atoms in total. The first-order valence-electron chi connectivity index (χ1n) is 5.15. The Morgan fingerprint density at radius 3 is 2.82 bits per heavy atom. The SMILES string of the molecule is OC(Cc1cncs1)Cc1cccc(F)c1F. The summed E-state index contributed by atoms with van der Waals surface area (Å²) in [5.74, 6) is -1.76. The summed E-state index contributed by atoms with van der Waals surface area (Å²) in [6.07, 6.45) is 1.43. The molecule has 2 aromatic rings. The normalized spacial score (nSPS) is 12.6. The van der Waals surface area contributed by atoms with E-state index in [0.717, 1.165) is 10.9 Å². The predicted octanol–water partition coefficient (Wildman–Crippen LogP) is 2.57. The number of benzene rings is 1. The van der Waals surface area contributed by atoms with E-state index in [4.69, 9.17) is 0 Å². The number of rotatable bonds is 4. The highest BCUT2D eigenvalue weighted by molar-refractivity contribution is 7.09. The molecule has 90 valence electrons. The maximum Gasteiger partial charge on any atom is 0.162 e. The standard InChI is InChI=1S/C12H11F2NOS/c13-11-3-1-2-8(12(11)14)4-9(16)5-10-6-15-7-17-10/h1-3,6-7,9,16H,4-5H2. The van der Waals surface area contributed by atoms with Crippen molar-refractivity contribution in [1.29, 1.82) is 0 Å². The van der Waals surface area contributed by atoms with Gasteiger partial charge in [-0.25, -0.2) is 8.78 Å². The first-order chi connectivity index (χ1) is 8.16. The highest BCUT2D eigenvalue weighted by atomic mass is 32.1. The summed E-state index contributed by atoms with van der Waals surface area (Å²) in [5, 5.41) is 9.78. The lowest BCUT2D eigenvalue weighted by Gasteiger charge is -2.10. The molecule has 1 N–H and O–H groups in total. The number of nitrogens with zero attached hydrogens (tertiary/aromatic N) is 1. The molecule has 0 fully saturated rings. The summed E-state index contributed by atoms with van der Waals surface area (Å²) in [5.41, 5.74) is 1.87. The molecule has 0 amide bonds. The van der Waals surface area contributed by atoms with Gasteiger partial charge in [0.1, 0.15) is 0 Å². The number of aliphatic hydroxyl groups is 1. The van der Waals surface area contributed by atoms with Gasteiger partial charge in [-0.3, -0.25) is 4.98 Å². The van der Waals surface area contributed by atoms with Crippen molar-refractivity contribution >= 4 is 11.3 Å². The van der Waals surface area contributed by atoms with Crippen molar-refractivity contribution < 1.29 is 13.9 Å². The average Bonchev–Trinajstić information content (AvgIpc) is 2.77. The summed E-state index contributed by atoms with van der Waals surface area (Å²) in [4.78, 5) is 4.81. The number of halogens is 2. The fraction of sp³-hybridized carbons (Fsp3) is 0.250. The van der Waals surface area contributed by atoms with E-state index in [9.17, 15) is 13.9 Å². The summed E-state index contributed by atoms with van der Waals surface area (Å²) in [6, 6.07) is 3.98. The molecule has 0 aliphatic rings. The first-order valence-corrected chi connectivity index (χ1v) is 6.03. The molecule has 17 heavy (non-hydrogen) atoms. The topological polar surface area (TPSA) is 33.1 Å². The maximum atomic E-state index is 13.3. The van der Waals surface area contributed by atoms with E-state index in [0.29, 0.717) is 6.42 Å². The summed E-state index contributed by atoms with van der Waals surface area (Å²) in [7, 11) is 0. The van der Waals surface area contributed by atoms with Gasteiger partial charge in [0.2, 0.25) is 0 Å². The van der Waals surface area contributed by atoms with Gasteiger partial charge in [0.25, 0.3) is 0 Å². The lowest BCUT2D eigenvalue weighted by molar-refractivity contribution is 0.174. The van der Waals surface area contributed by atoms with Crippen LogP contribution in [0.4, 0.5) is 8.78 Å². The van der Waals surface area contributed by atoms with E-state index >= 15 is 0 Å². The minimum Gasteiger partial charge on any atom is -0.392 e. The van der Waals surface area contributed by atoms with Crippen molar-refractivity contribution in [1.82, 2.24) is 4.98 Å². The molecule has 1 atom stereocenters. The van der Waals surface area contributed by atoms with Crippen LogP contribution in [0, 0.1) is 11.6 Å². The summed E-state index contributed by atoms with van der Waals surface area (Å²) >= 11 is 1.43. The Kier molecular flexibility index (Phi) is 3.81. The second-order valence-electron chi connectivity index (χ2n) is 3.74. The van der Waals surface area contributed by atoms with Crippen LogP contribution in [0.15, 0.2) is 29.9 Å². The Morgan fingerprint density at radius 2 is 2.12 bits per heavy atom. The van der Waals surface area contributed by atoms with E-state index < -0.39 is 17.7 Å². The smallest absolute Gasteiger partial charge is 0.162 e. The number of aromatic nitrogens is 1. The van der Waals surface area contributed by atoms with Crippen molar-refractivity contribution in [2.24, 2.45) is 0 Å². The van der Waals surface area contributed by atoms with Crippen LogP contribution in [0.25, 0.3) is 0 Å². The molecule has 0 bridgehead atoms. The number of aliphatic hydroxyl groups excluding tert-OH is 1. The zero-order chi connectivity index (χ0) is 12.3. The lowest BCUT2D eigenvalue weighted by atomic mass is 10.0. The van der Waals surface area contributed by atoms with Gasteiger partial charge in [0, 0.05) is 23.9 Å². The van der Waals surface area contributed by atoms with Gasteiger partial charge >= 0.3 is 0 Å². The van der Waals surface area contributed by atoms with E-state index in [2.05, 4.69) is 4.98 Å². The van der Waals surface area contributed by atoms with E-state index in [1.54, 1.807) is 11.7 Å². The number of hydrogen-bond acceptors (Lipinski definition) is 3. The Labute approximate surface area is 102 Å². The Morgan fingerprint density at radius 1 is 1.29 bits per heavy atom. The number of hydrogen-bond donors (Lipinski definition) is 1. The quantitative estimate of drug-likeness (QED) is 0.910. The van der Waals surface area contributed by atoms with Crippen LogP contribution in [0.3, 0.4) is 0 Å². The van der Waals surface area contributed by atoms with Gasteiger partial charge in [-0.2, -0.15) is 0 Å². The number of thiazole rings is 1. The molecule has 0 spiro atoms. The zero-order valence-electron chi connectivity index (χ0n) is 8.94. The third-order valence-electron chi connectivity index (χ3n) is 2.41. The van der Waals surface area contributed by atoms with Crippen LogP contribution in [-0.4, -0.2) is 16.2 Å². The molecular weight excluding hydrogens is 244 g/mol. The van der Waals surface area contributed by atoms with Gasteiger partial charge in [0.05, 0.1) is 11.6 Å². The lowest BCUT2D eigenvalue weighted by Crippen LogP contribution is -2.14. The molecule has 0 aliphatic carbocycles. The fourth-order valence-electron chi connectivity index (χ4n) is 1.61. The largest absolute Gasteiger partial charge is 0.392 e. The molecule has 2 rings (SSSR count). The monoisotopic (exact) mass is 255 g/mol. The molecule has 0 saturated carbocycles. The molecule has 5 heteroatoms. The van der Waals surface area contributed by atoms with Crippen LogP contribution in [0.2, 0.25) is 0 Å². The zero-order valence-corrected chi connectivity index (χ0v) is 9.75. The van der Waals surface area contributed by atoms with Gasteiger partial charge in [-0.15, -0.1) is 11.3 Å². The van der Waals surface area contributed by atoms with Crippen LogP contribution >= 0.6 is 11.3 Å². The van der Waals surface area contributed by atoms with Crippen molar-refractivity contribution in [3.05, 3.63) is 52.0 Å². The molecule has 1 unspecified atom stereocenters. The van der Waals surface area contributed by atoms with Crippen molar-refractivity contribution in [2.45, 2.75) is 18.9 Å². The van der Waals surface area contributed by atoms with Gasteiger partial charge in [0.15, 0.2) is 11.6 Å². The Hall–Kier alpha value is -1.33. The first kappa shape index (κ1) is 12.1. The maximum absolute atomic E-state index is 13.3. The van der Waals surface area contributed by atoms with Gasteiger partial charge in [-0.05, 0) is 11.6 Å². The van der Waals surface area contributed by atoms with E-state index in [-0.39, 0.29) is 12.0 Å². The van der Waals surface area contributed by atoms with Crippen molar-refractivity contribution in [2.75, 3.05) is 0 Å². The third kappa shape index (κ3) is 3.08. The molecule has 0 radical (unpaired) electrons. The van der Waals surface area contributed by atoms with Gasteiger partial charge < -0.3 is 5.11 Å². The average molecular weight is 255 g/mol. The Bertz CT molecular complexity index is 487. The molecule has 1 heterocycles. The molecule has 1 aromatic heterocycles. The molecule has 0 saturated heterocycles. The second-order valence-corrected chi connectivity index (χ2v) is 4.71. The highest BCUT2D eigenvalue weighted by Crippen LogP contribution is 2.16. The van der Waals surface area contributed by atoms with Gasteiger partial charge in [-0.1, -0.05) is 12.1 Å². The van der Waals surface area contributed by atoms with Crippen LogP contribution in [0.1, 0.15) is 10.4 Å². The minimum atomic E-state index is -0.882. The van der Waals surface area contributed by atoms with E-state index in [1.165, 1.54) is 23.5 Å². The van der Waals surface area contributed by atoms with E-state index in [1.807, 2.05) is 0 Å². The van der Waals surface area contributed by atoms with Crippen LogP contribution < -0.4 is 0 Å². The predicted molar refractivity (Wildman–Crippen MR) is 61.9 cm³/mol. The Balaban J connectivity index is 2.03. The van der Waals surface area contributed by atoms with Crippen LogP contribution in [-0.2, 0) is 12.8 Å². The van der Waals surface area contributed by atoms with Crippen LogP contribution in [0.5, 0.6) is 0 Å². The second kappa shape index (κ2) is 5.33. The highest BCUT2D eigenvalue weighted by Gasteiger charge is 2.13. The minimum absolute atomic E-state index is 0.0987.